The Hall–Kier alpha value is -0.830. The number of methoxy groups -OCH3 is 1. The maximum absolute atomic E-state index is 11.7. The Morgan fingerprint density at radius 3 is 2.47 bits per heavy atom. The zero-order valence-electron chi connectivity index (χ0n) is 9.93. The topological polar surface area (TPSA) is 38.3 Å². The number of rotatable bonds is 4. The van der Waals surface area contributed by atoms with Gasteiger partial charge in [-0.25, -0.2) is 0 Å². The SMILES string of the molecule is COC(=O)C1(NCC=C(C)C)CCCC1. The van der Waals surface area contributed by atoms with Crippen molar-refractivity contribution in [3.8, 4) is 0 Å². The van der Waals surface area contributed by atoms with Crippen LogP contribution in [0.2, 0.25) is 0 Å². The van der Waals surface area contributed by atoms with E-state index < -0.39 is 5.54 Å². The standard InChI is InChI=1S/C12H21NO2/c1-10(2)6-9-13-12(11(14)15-3)7-4-5-8-12/h6,13H,4-5,7-9H2,1-3H3. The van der Waals surface area contributed by atoms with E-state index in [0.717, 1.165) is 32.2 Å². The summed E-state index contributed by atoms with van der Waals surface area (Å²) in [5.41, 5.74) is 0.848. The van der Waals surface area contributed by atoms with E-state index in [-0.39, 0.29) is 5.97 Å². The van der Waals surface area contributed by atoms with Gasteiger partial charge in [0.05, 0.1) is 7.11 Å². The van der Waals surface area contributed by atoms with Crippen LogP contribution in [0.15, 0.2) is 11.6 Å². The highest BCUT2D eigenvalue weighted by Gasteiger charge is 2.41. The smallest absolute Gasteiger partial charge is 0.326 e. The summed E-state index contributed by atoms with van der Waals surface area (Å²) in [5, 5.41) is 3.33. The second-order valence-corrected chi connectivity index (χ2v) is 4.44. The number of allylic oxidation sites excluding steroid dienone is 1. The zero-order valence-corrected chi connectivity index (χ0v) is 9.93. The average Bonchev–Trinajstić information content (AvgIpc) is 2.66. The van der Waals surface area contributed by atoms with Gasteiger partial charge in [-0.3, -0.25) is 10.1 Å². The molecule has 1 saturated carbocycles. The second-order valence-electron chi connectivity index (χ2n) is 4.44. The summed E-state index contributed by atoms with van der Waals surface area (Å²) >= 11 is 0. The first kappa shape index (κ1) is 12.2. The molecule has 1 aliphatic carbocycles. The van der Waals surface area contributed by atoms with Gasteiger partial charge < -0.3 is 4.74 Å². The highest BCUT2D eigenvalue weighted by molar-refractivity contribution is 5.81. The summed E-state index contributed by atoms with van der Waals surface area (Å²) in [4.78, 5) is 11.7. The van der Waals surface area contributed by atoms with Crippen LogP contribution in [-0.2, 0) is 9.53 Å². The first-order valence-electron chi connectivity index (χ1n) is 5.57. The molecule has 0 amide bonds. The molecule has 3 nitrogen and oxygen atoms in total. The van der Waals surface area contributed by atoms with E-state index in [2.05, 4.69) is 25.2 Å². The first-order valence-corrected chi connectivity index (χ1v) is 5.57. The Morgan fingerprint density at radius 2 is 2.00 bits per heavy atom. The van der Waals surface area contributed by atoms with Crippen molar-refractivity contribution >= 4 is 5.97 Å². The molecule has 86 valence electrons. The fourth-order valence-electron chi connectivity index (χ4n) is 2.08. The minimum atomic E-state index is -0.416. The molecule has 0 aliphatic heterocycles. The lowest BCUT2D eigenvalue weighted by atomic mass is 9.98. The molecule has 0 aromatic carbocycles. The molecule has 0 saturated heterocycles. The van der Waals surface area contributed by atoms with Gasteiger partial charge in [0, 0.05) is 6.54 Å². The van der Waals surface area contributed by atoms with Crippen molar-refractivity contribution < 1.29 is 9.53 Å². The molecule has 0 heterocycles. The van der Waals surface area contributed by atoms with E-state index in [4.69, 9.17) is 4.74 Å². The number of carbonyl (C=O) groups excluding carboxylic acids is 1. The van der Waals surface area contributed by atoms with Gasteiger partial charge in [-0.05, 0) is 26.7 Å². The molecule has 0 aromatic heterocycles. The van der Waals surface area contributed by atoms with Crippen LogP contribution in [0.5, 0.6) is 0 Å². The van der Waals surface area contributed by atoms with Gasteiger partial charge >= 0.3 is 5.97 Å². The molecular weight excluding hydrogens is 190 g/mol. The summed E-state index contributed by atoms with van der Waals surface area (Å²) in [6, 6.07) is 0. The van der Waals surface area contributed by atoms with E-state index >= 15 is 0 Å². The summed E-state index contributed by atoms with van der Waals surface area (Å²) in [6.07, 6.45) is 6.11. The highest BCUT2D eigenvalue weighted by Crippen LogP contribution is 2.30. The number of carbonyl (C=O) groups is 1. The predicted octanol–water partition coefficient (Wildman–Crippen LogP) is 2.03. The molecule has 1 aliphatic rings. The zero-order chi connectivity index (χ0) is 11.3. The van der Waals surface area contributed by atoms with Crippen LogP contribution in [0.1, 0.15) is 39.5 Å². The molecule has 3 heteroatoms. The average molecular weight is 211 g/mol. The molecule has 0 spiro atoms. The van der Waals surface area contributed by atoms with Crippen molar-refractivity contribution in [2.24, 2.45) is 0 Å². The van der Waals surface area contributed by atoms with Gasteiger partial charge in [0.1, 0.15) is 5.54 Å². The van der Waals surface area contributed by atoms with E-state index in [1.54, 1.807) is 0 Å². The van der Waals surface area contributed by atoms with Gasteiger partial charge in [-0.2, -0.15) is 0 Å². The fraction of sp³-hybridized carbons (Fsp3) is 0.750. The lowest BCUT2D eigenvalue weighted by Gasteiger charge is -2.26. The van der Waals surface area contributed by atoms with Crippen molar-refractivity contribution in [1.29, 1.82) is 0 Å². The molecule has 1 N–H and O–H groups in total. The molecule has 0 unspecified atom stereocenters. The number of esters is 1. The van der Waals surface area contributed by atoms with Crippen molar-refractivity contribution in [3.05, 3.63) is 11.6 Å². The number of ether oxygens (including phenoxy) is 1. The van der Waals surface area contributed by atoms with Crippen LogP contribution < -0.4 is 5.32 Å². The third-order valence-electron chi connectivity index (χ3n) is 2.98. The lowest BCUT2D eigenvalue weighted by molar-refractivity contribution is -0.148. The summed E-state index contributed by atoms with van der Waals surface area (Å²) in [5.74, 6) is -0.109. The molecule has 0 radical (unpaired) electrons. The van der Waals surface area contributed by atoms with Gasteiger partial charge in [0.15, 0.2) is 0 Å². The van der Waals surface area contributed by atoms with E-state index in [1.165, 1.54) is 12.7 Å². The van der Waals surface area contributed by atoms with Crippen LogP contribution in [0.25, 0.3) is 0 Å². The van der Waals surface area contributed by atoms with Crippen molar-refractivity contribution in [2.45, 2.75) is 45.1 Å². The molecule has 15 heavy (non-hydrogen) atoms. The number of nitrogens with one attached hydrogen (secondary N) is 1. The maximum Gasteiger partial charge on any atom is 0.326 e. The van der Waals surface area contributed by atoms with Gasteiger partial charge in [0.2, 0.25) is 0 Å². The van der Waals surface area contributed by atoms with E-state index in [0.29, 0.717) is 0 Å². The fourth-order valence-corrected chi connectivity index (χ4v) is 2.08. The molecule has 0 atom stereocenters. The third kappa shape index (κ3) is 3.06. The third-order valence-corrected chi connectivity index (χ3v) is 2.98. The second kappa shape index (κ2) is 5.31. The number of hydrogen-bond acceptors (Lipinski definition) is 3. The molecule has 0 aromatic rings. The normalized spacial score (nSPS) is 18.6. The van der Waals surface area contributed by atoms with Crippen LogP contribution in [0, 0.1) is 0 Å². The Labute approximate surface area is 91.9 Å². The lowest BCUT2D eigenvalue weighted by Crippen LogP contribution is -2.50. The minimum absolute atomic E-state index is 0.109. The highest BCUT2D eigenvalue weighted by atomic mass is 16.5. The van der Waals surface area contributed by atoms with E-state index in [9.17, 15) is 4.79 Å². The monoisotopic (exact) mass is 211 g/mol. The van der Waals surface area contributed by atoms with E-state index in [1.807, 2.05) is 0 Å². The Kier molecular flexibility index (Phi) is 4.33. The van der Waals surface area contributed by atoms with Gasteiger partial charge in [0.25, 0.3) is 0 Å². The van der Waals surface area contributed by atoms with Crippen molar-refractivity contribution in [2.75, 3.05) is 13.7 Å². The molecule has 1 fully saturated rings. The Morgan fingerprint density at radius 1 is 1.40 bits per heavy atom. The summed E-state index contributed by atoms with van der Waals surface area (Å²) in [7, 11) is 1.46. The van der Waals surface area contributed by atoms with Crippen molar-refractivity contribution in [3.63, 3.8) is 0 Å². The molecule has 0 bridgehead atoms. The predicted molar refractivity (Wildman–Crippen MR) is 60.6 cm³/mol. The molecular formula is C12H21NO2. The Balaban J connectivity index is 2.58. The Bertz CT molecular complexity index is 248. The van der Waals surface area contributed by atoms with Crippen LogP contribution >= 0.6 is 0 Å². The summed E-state index contributed by atoms with van der Waals surface area (Å²) < 4.78 is 4.87. The van der Waals surface area contributed by atoms with Crippen molar-refractivity contribution in [1.82, 2.24) is 5.32 Å². The molecule has 1 rings (SSSR count). The minimum Gasteiger partial charge on any atom is -0.468 e. The quantitative estimate of drug-likeness (QED) is 0.571. The maximum atomic E-state index is 11.7. The van der Waals surface area contributed by atoms with Crippen LogP contribution in [-0.4, -0.2) is 25.2 Å². The van der Waals surface area contributed by atoms with Crippen LogP contribution in [0.3, 0.4) is 0 Å². The van der Waals surface area contributed by atoms with Crippen LogP contribution in [0.4, 0.5) is 0 Å². The van der Waals surface area contributed by atoms with Gasteiger partial charge in [-0.15, -0.1) is 0 Å². The number of hydrogen-bond donors (Lipinski definition) is 1. The van der Waals surface area contributed by atoms with Gasteiger partial charge in [-0.1, -0.05) is 24.5 Å². The summed E-state index contributed by atoms with van der Waals surface area (Å²) in [6.45, 7) is 4.86. The largest absolute Gasteiger partial charge is 0.468 e. The first-order chi connectivity index (χ1) is 7.10.